The Hall–Kier alpha value is -0.420. The van der Waals surface area contributed by atoms with E-state index in [0.29, 0.717) is 6.04 Å². The molecule has 4 heteroatoms. The number of piperazine rings is 1. The van der Waals surface area contributed by atoms with Gasteiger partial charge in [0, 0.05) is 42.2 Å². The molecule has 2 saturated heterocycles. The third-order valence-corrected chi connectivity index (χ3v) is 5.44. The van der Waals surface area contributed by atoms with Crippen molar-refractivity contribution in [3.05, 3.63) is 34.3 Å². The highest BCUT2D eigenvalue weighted by molar-refractivity contribution is 9.10. The molecule has 2 aliphatic rings. The summed E-state index contributed by atoms with van der Waals surface area (Å²) in [6, 6.07) is 9.85. The molecular formula is C17H26BrN3. The lowest BCUT2D eigenvalue weighted by atomic mass is 9.94. The molecule has 3 rings (SSSR count). The minimum absolute atomic E-state index is 0.148. The fraction of sp³-hybridized carbons (Fsp3) is 0.647. The zero-order chi connectivity index (χ0) is 14.8. The SMILES string of the molecule is CC(N)C(c1cccc(Br)c1)N1CCN2CCCCC2C1. The predicted molar refractivity (Wildman–Crippen MR) is 91.3 cm³/mol. The fourth-order valence-corrected chi connectivity index (χ4v) is 4.39. The maximum atomic E-state index is 6.35. The topological polar surface area (TPSA) is 32.5 Å². The van der Waals surface area contributed by atoms with E-state index in [1.807, 2.05) is 0 Å². The molecule has 2 N–H and O–H groups in total. The maximum absolute atomic E-state index is 6.35. The van der Waals surface area contributed by atoms with Crippen LogP contribution < -0.4 is 5.73 Å². The van der Waals surface area contributed by atoms with Crippen molar-refractivity contribution in [3.63, 3.8) is 0 Å². The van der Waals surface area contributed by atoms with Crippen LogP contribution >= 0.6 is 15.9 Å². The average molecular weight is 352 g/mol. The molecule has 0 bridgehead atoms. The summed E-state index contributed by atoms with van der Waals surface area (Å²) in [7, 11) is 0. The van der Waals surface area contributed by atoms with Crippen LogP contribution in [0.5, 0.6) is 0 Å². The van der Waals surface area contributed by atoms with Gasteiger partial charge < -0.3 is 5.73 Å². The van der Waals surface area contributed by atoms with Gasteiger partial charge in [-0.25, -0.2) is 0 Å². The molecule has 116 valence electrons. The van der Waals surface area contributed by atoms with Gasteiger partial charge in [-0.2, -0.15) is 0 Å². The van der Waals surface area contributed by atoms with Crippen LogP contribution in [0.3, 0.4) is 0 Å². The number of nitrogens with zero attached hydrogens (tertiary/aromatic N) is 2. The first-order valence-electron chi connectivity index (χ1n) is 8.14. The quantitative estimate of drug-likeness (QED) is 0.908. The number of rotatable bonds is 3. The van der Waals surface area contributed by atoms with E-state index >= 15 is 0 Å². The van der Waals surface area contributed by atoms with Gasteiger partial charge in [-0.05, 0) is 44.0 Å². The van der Waals surface area contributed by atoms with Gasteiger partial charge in [0.15, 0.2) is 0 Å². The molecule has 3 atom stereocenters. The first kappa shape index (κ1) is 15.5. The van der Waals surface area contributed by atoms with E-state index in [0.717, 1.165) is 17.1 Å². The van der Waals surface area contributed by atoms with Crippen LogP contribution in [0.4, 0.5) is 0 Å². The van der Waals surface area contributed by atoms with E-state index in [-0.39, 0.29) is 6.04 Å². The van der Waals surface area contributed by atoms with Crippen molar-refractivity contribution in [2.45, 2.75) is 44.3 Å². The lowest BCUT2D eigenvalue weighted by molar-refractivity contribution is 0.0219. The normalized spacial score (nSPS) is 27.1. The second-order valence-electron chi connectivity index (χ2n) is 6.54. The molecule has 1 aromatic carbocycles. The van der Waals surface area contributed by atoms with E-state index in [4.69, 9.17) is 5.73 Å². The molecule has 1 aromatic rings. The van der Waals surface area contributed by atoms with E-state index in [9.17, 15) is 0 Å². The Morgan fingerprint density at radius 1 is 1.24 bits per heavy atom. The summed E-state index contributed by atoms with van der Waals surface area (Å²) in [4.78, 5) is 5.29. The number of hydrogen-bond donors (Lipinski definition) is 1. The summed E-state index contributed by atoms with van der Waals surface area (Å²) < 4.78 is 1.14. The second kappa shape index (κ2) is 6.78. The van der Waals surface area contributed by atoms with Gasteiger partial charge in [-0.1, -0.05) is 34.5 Å². The Kier molecular flexibility index (Phi) is 4.99. The van der Waals surface area contributed by atoms with Crippen LogP contribution in [-0.2, 0) is 0 Å². The molecule has 0 amide bonds. The lowest BCUT2D eigenvalue weighted by Gasteiger charge is -2.47. The van der Waals surface area contributed by atoms with Crippen molar-refractivity contribution < 1.29 is 0 Å². The largest absolute Gasteiger partial charge is 0.326 e. The minimum Gasteiger partial charge on any atom is -0.326 e. The Balaban J connectivity index is 1.78. The number of piperidine rings is 1. The highest BCUT2D eigenvalue weighted by atomic mass is 79.9. The number of nitrogens with two attached hydrogens (primary N) is 1. The van der Waals surface area contributed by atoms with Crippen LogP contribution in [0.15, 0.2) is 28.7 Å². The van der Waals surface area contributed by atoms with Gasteiger partial charge in [0.1, 0.15) is 0 Å². The number of hydrogen-bond acceptors (Lipinski definition) is 3. The first-order valence-corrected chi connectivity index (χ1v) is 8.93. The Morgan fingerprint density at radius 3 is 2.86 bits per heavy atom. The van der Waals surface area contributed by atoms with Gasteiger partial charge in [0.2, 0.25) is 0 Å². The van der Waals surface area contributed by atoms with Crippen LogP contribution in [0.1, 0.15) is 37.8 Å². The smallest absolute Gasteiger partial charge is 0.0498 e. The molecule has 2 fully saturated rings. The van der Waals surface area contributed by atoms with E-state index in [1.165, 1.54) is 44.5 Å². The second-order valence-corrected chi connectivity index (χ2v) is 7.46. The van der Waals surface area contributed by atoms with Crippen LogP contribution in [0.2, 0.25) is 0 Å². The van der Waals surface area contributed by atoms with Crippen molar-refractivity contribution in [2.24, 2.45) is 5.73 Å². The van der Waals surface area contributed by atoms with Crippen molar-refractivity contribution in [2.75, 3.05) is 26.2 Å². The van der Waals surface area contributed by atoms with Crippen molar-refractivity contribution in [1.82, 2.24) is 9.80 Å². The molecule has 0 aliphatic carbocycles. The van der Waals surface area contributed by atoms with Crippen LogP contribution in [-0.4, -0.2) is 48.1 Å². The van der Waals surface area contributed by atoms with Gasteiger partial charge in [0.25, 0.3) is 0 Å². The van der Waals surface area contributed by atoms with Gasteiger partial charge in [0.05, 0.1) is 0 Å². The molecule has 0 saturated carbocycles. The predicted octanol–water partition coefficient (Wildman–Crippen LogP) is 3.01. The molecule has 0 radical (unpaired) electrons. The Labute approximate surface area is 136 Å². The highest BCUT2D eigenvalue weighted by Gasteiger charge is 2.33. The summed E-state index contributed by atoms with van der Waals surface area (Å²) in [6.45, 7) is 6.92. The Morgan fingerprint density at radius 2 is 2.10 bits per heavy atom. The van der Waals surface area contributed by atoms with Gasteiger partial charge >= 0.3 is 0 Å². The minimum atomic E-state index is 0.148. The Bertz CT molecular complexity index is 477. The average Bonchev–Trinajstić information content (AvgIpc) is 2.47. The highest BCUT2D eigenvalue weighted by Crippen LogP contribution is 2.30. The van der Waals surface area contributed by atoms with E-state index in [2.05, 4.69) is 56.9 Å². The summed E-state index contributed by atoms with van der Waals surface area (Å²) >= 11 is 3.59. The molecule has 0 aromatic heterocycles. The molecule has 21 heavy (non-hydrogen) atoms. The first-order chi connectivity index (χ1) is 10.1. The third-order valence-electron chi connectivity index (χ3n) is 4.95. The molecule has 3 nitrogen and oxygen atoms in total. The van der Waals surface area contributed by atoms with E-state index < -0.39 is 0 Å². The van der Waals surface area contributed by atoms with Crippen molar-refractivity contribution in [1.29, 1.82) is 0 Å². The maximum Gasteiger partial charge on any atom is 0.0498 e. The lowest BCUT2D eigenvalue weighted by Crippen LogP contribution is -2.57. The number of benzene rings is 1. The van der Waals surface area contributed by atoms with Crippen LogP contribution in [0.25, 0.3) is 0 Å². The molecule has 2 heterocycles. The zero-order valence-electron chi connectivity index (χ0n) is 12.8. The van der Waals surface area contributed by atoms with E-state index in [1.54, 1.807) is 0 Å². The number of fused-ring (bicyclic) bond motifs is 1. The van der Waals surface area contributed by atoms with Gasteiger partial charge in [-0.15, -0.1) is 0 Å². The molecular weight excluding hydrogens is 326 g/mol. The molecule has 0 spiro atoms. The summed E-state index contributed by atoms with van der Waals surface area (Å²) in [5, 5.41) is 0. The summed E-state index contributed by atoms with van der Waals surface area (Å²) in [5.41, 5.74) is 7.68. The fourth-order valence-electron chi connectivity index (χ4n) is 3.97. The molecule has 3 unspecified atom stereocenters. The summed E-state index contributed by atoms with van der Waals surface area (Å²) in [6.07, 6.45) is 4.11. The van der Waals surface area contributed by atoms with Crippen LogP contribution in [0, 0.1) is 0 Å². The third kappa shape index (κ3) is 3.50. The summed E-state index contributed by atoms with van der Waals surface area (Å²) in [5.74, 6) is 0. The number of halogens is 1. The standard InChI is InChI=1S/C17H26BrN3/c1-13(19)17(14-5-4-6-15(18)11-14)21-10-9-20-8-3-2-7-16(20)12-21/h4-6,11,13,16-17H,2-3,7-10,12,19H2,1H3. The van der Waals surface area contributed by atoms with Gasteiger partial charge in [-0.3, -0.25) is 9.80 Å². The zero-order valence-corrected chi connectivity index (χ0v) is 14.4. The monoisotopic (exact) mass is 351 g/mol. The van der Waals surface area contributed by atoms with Crippen molar-refractivity contribution in [3.8, 4) is 0 Å². The van der Waals surface area contributed by atoms with Crippen molar-refractivity contribution >= 4 is 15.9 Å². The molecule has 2 aliphatic heterocycles.